The second-order valence-corrected chi connectivity index (χ2v) is 8.88. The number of halogens is 4. The molecular formula is C22H22ClF3N2O4. The summed E-state index contributed by atoms with van der Waals surface area (Å²) in [6.45, 7) is 0.483. The van der Waals surface area contributed by atoms with Crippen LogP contribution in [0.25, 0.3) is 0 Å². The Balaban J connectivity index is 1.55. The molecule has 0 aromatic heterocycles. The highest BCUT2D eigenvalue weighted by Crippen LogP contribution is 2.38. The fraction of sp³-hybridized carbons (Fsp3) is 0.455. The van der Waals surface area contributed by atoms with Gasteiger partial charge in [-0.1, -0.05) is 24.6 Å². The van der Waals surface area contributed by atoms with Crippen LogP contribution in [0.3, 0.4) is 0 Å². The Labute approximate surface area is 187 Å². The number of benzene rings is 1. The fourth-order valence-corrected chi connectivity index (χ4v) is 4.68. The zero-order chi connectivity index (χ0) is 23.4. The molecule has 6 nitrogen and oxygen atoms in total. The van der Waals surface area contributed by atoms with Crippen molar-refractivity contribution in [1.29, 1.82) is 0 Å². The van der Waals surface area contributed by atoms with Gasteiger partial charge in [-0.25, -0.2) is 13.2 Å². The van der Waals surface area contributed by atoms with Crippen LogP contribution in [0.2, 0.25) is 0 Å². The zero-order valence-electron chi connectivity index (χ0n) is 17.2. The van der Waals surface area contributed by atoms with Gasteiger partial charge in [-0.15, -0.1) is 0 Å². The van der Waals surface area contributed by atoms with E-state index in [-0.39, 0.29) is 27.5 Å². The molecular weight excluding hydrogens is 449 g/mol. The van der Waals surface area contributed by atoms with E-state index in [0.717, 1.165) is 11.0 Å². The van der Waals surface area contributed by atoms with Gasteiger partial charge in [-0.2, -0.15) is 0 Å². The van der Waals surface area contributed by atoms with E-state index in [1.165, 1.54) is 30.0 Å². The SMILES string of the molecule is CC1C(O)=C(Cl)C=C(C(=O)N2CCCC2c2ccc(C(=O)N3CC(F)(F)C3)cc2F)C1O. The predicted octanol–water partition coefficient (Wildman–Crippen LogP) is 3.53. The smallest absolute Gasteiger partial charge is 0.282 e. The molecule has 0 spiro atoms. The summed E-state index contributed by atoms with van der Waals surface area (Å²) in [5, 5.41) is 20.3. The summed E-state index contributed by atoms with van der Waals surface area (Å²) in [6.07, 6.45) is 1.04. The Bertz CT molecular complexity index is 1030. The summed E-state index contributed by atoms with van der Waals surface area (Å²) in [7, 11) is 0. The maximum atomic E-state index is 14.9. The molecule has 4 rings (SSSR count). The van der Waals surface area contributed by atoms with Crippen molar-refractivity contribution >= 4 is 23.4 Å². The van der Waals surface area contributed by atoms with Gasteiger partial charge in [-0.05, 0) is 31.1 Å². The van der Waals surface area contributed by atoms with Crippen LogP contribution in [0.5, 0.6) is 0 Å². The molecule has 2 N–H and O–H groups in total. The normalized spacial score (nSPS) is 27.3. The fourth-order valence-electron chi connectivity index (χ4n) is 4.39. The van der Waals surface area contributed by atoms with E-state index in [2.05, 4.69) is 0 Å². The Morgan fingerprint density at radius 3 is 2.53 bits per heavy atom. The van der Waals surface area contributed by atoms with E-state index in [0.29, 0.717) is 19.4 Å². The monoisotopic (exact) mass is 470 g/mol. The summed E-state index contributed by atoms with van der Waals surface area (Å²) in [6, 6.07) is 3.14. The lowest BCUT2D eigenvalue weighted by atomic mass is 9.89. The second-order valence-electron chi connectivity index (χ2n) is 8.48. The summed E-state index contributed by atoms with van der Waals surface area (Å²) in [5.74, 6) is -5.78. The maximum Gasteiger partial charge on any atom is 0.282 e. The minimum Gasteiger partial charge on any atom is -0.510 e. The number of aliphatic hydroxyl groups excluding tert-OH is 2. The van der Waals surface area contributed by atoms with Crippen molar-refractivity contribution in [3.63, 3.8) is 0 Å². The minimum atomic E-state index is -2.91. The quantitative estimate of drug-likeness (QED) is 0.708. The third kappa shape index (κ3) is 3.88. The van der Waals surface area contributed by atoms with E-state index in [4.69, 9.17) is 11.6 Å². The first-order valence-corrected chi connectivity index (χ1v) is 10.6. The molecule has 2 fully saturated rings. The van der Waals surface area contributed by atoms with E-state index in [1.54, 1.807) is 0 Å². The van der Waals surface area contributed by atoms with Crippen molar-refractivity contribution in [2.24, 2.45) is 5.92 Å². The lowest BCUT2D eigenvalue weighted by molar-refractivity contribution is -0.129. The van der Waals surface area contributed by atoms with E-state index in [1.807, 2.05) is 0 Å². The first-order chi connectivity index (χ1) is 15.0. The number of likely N-dealkylation sites (tertiary alicyclic amines) is 2. The van der Waals surface area contributed by atoms with Crippen LogP contribution in [-0.4, -0.2) is 63.5 Å². The molecule has 2 aliphatic heterocycles. The van der Waals surface area contributed by atoms with Gasteiger partial charge in [0.05, 0.1) is 30.3 Å². The molecule has 3 atom stereocenters. The number of hydrogen-bond acceptors (Lipinski definition) is 4. The molecule has 10 heteroatoms. The molecule has 2 amide bonds. The molecule has 172 valence electrons. The van der Waals surface area contributed by atoms with Gasteiger partial charge in [0.2, 0.25) is 0 Å². The van der Waals surface area contributed by atoms with Crippen molar-refractivity contribution in [3.8, 4) is 0 Å². The third-order valence-corrected chi connectivity index (χ3v) is 6.55. The average Bonchev–Trinajstić information content (AvgIpc) is 3.21. The highest BCUT2D eigenvalue weighted by atomic mass is 35.5. The molecule has 1 aromatic carbocycles. The Kier molecular flexibility index (Phi) is 5.75. The number of alkyl halides is 2. The number of allylic oxidation sites excluding steroid dienone is 2. The van der Waals surface area contributed by atoms with Crippen molar-refractivity contribution in [2.75, 3.05) is 19.6 Å². The summed E-state index contributed by atoms with van der Waals surface area (Å²) in [5.41, 5.74) is 0.173. The van der Waals surface area contributed by atoms with Crippen LogP contribution in [0.15, 0.2) is 40.6 Å². The average molecular weight is 471 g/mol. The van der Waals surface area contributed by atoms with Crippen LogP contribution >= 0.6 is 11.6 Å². The van der Waals surface area contributed by atoms with Crippen LogP contribution in [0.1, 0.15) is 41.7 Å². The van der Waals surface area contributed by atoms with Crippen molar-refractivity contribution < 1.29 is 33.0 Å². The van der Waals surface area contributed by atoms with E-state index in [9.17, 15) is 33.0 Å². The van der Waals surface area contributed by atoms with Crippen molar-refractivity contribution in [3.05, 3.63) is 57.6 Å². The summed E-state index contributed by atoms with van der Waals surface area (Å²) >= 11 is 5.99. The third-order valence-electron chi connectivity index (χ3n) is 6.25. The highest BCUT2D eigenvalue weighted by molar-refractivity contribution is 6.32. The van der Waals surface area contributed by atoms with Gasteiger partial charge in [-0.3, -0.25) is 9.59 Å². The van der Waals surface area contributed by atoms with Gasteiger partial charge in [0.15, 0.2) is 0 Å². The maximum absolute atomic E-state index is 14.9. The number of amides is 2. The number of carbonyl (C=O) groups is 2. The topological polar surface area (TPSA) is 81.1 Å². The van der Waals surface area contributed by atoms with Crippen LogP contribution in [0.4, 0.5) is 13.2 Å². The Morgan fingerprint density at radius 2 is 1.91 bits per heavy atom. The minimum absolute atomic E-state index is 0.0121. The van der Waals surface area contributed by atoms with E-state index < -0.39 is 54.7 Å². The Hall–Kier alpha value is -2.52. The lowest BCUT2D eigenvalue weighted by Crippen LogP contribution is -2.58. The molecule has 32 heavy (non-hydrogen) atoms. The van der Waals surface area contributed by atoms with Gasteiger partial charge < -0.3 is 20.0 Å². The largest absolute Gasteiger partial charge is 0.510 e. The molecule has 0 bridgehead atoms. The first kappa shape index (κ1) is 22.7. The number of hydrogen-bond donors (Lipinski definition) is 2. The van der Waals surface area contributed by atoms with Crippen LogP contribution in [0, 0.1) is 11.7 Å². The number of aliphatic hydroxyl groups is 2. The lowest BCUT2D eigenvalue weighted by Gasteiger charge is -2.38. The molecule has 1 aromatic rings. The zero-order valence-corrected chi connectivity index (χ0v) is 18.0. The molecule has 2 heterocycles. The van der Waals surface area contributed by atoms with Gasteiger partial charge in [0, 0.05) is 29.2 Å². The predicted molar refractivity (Wildman–Crippen MR) is 110 cm³/mol. The van der Waals surface area contributed by atoms with Crippen LogP contribution < -0.4 is 0 Å². The molecule has 2 saturated heterocycles. The first-order valence-electron chi connectivity index (χ1n) is 10.3. The molecule has 3 unspecified atom stereocenters. The van der Waals surface area contributed by atoms with Crippen molar-refractivity contribution in [2.45, 2.75) is 37.8 Å². The number of carbonyl (C=O) groups excluding carboxylic acids is 2. The molecule has 1 aliphatic carbocycles. The molecule has 3 aliphatic rings. The Morgan fingerprint density at radius 1 is 1.22 bits per heavy atom. The van der Waals surface area contributed by atoms with Gasteiger partial charge in [0.1, 0.15) is 11.6 Å². The van der Waals surface area contributed by atoms with Gasteiger partial charge in [0.25, 0.3) is 17.7 Å². The molecule has 0 radical (unpaired) electrons. The number of nitrogens with zero attached hydrogens (tertiary/aromatic N) is 2. The van der Waals surface area contributed by atoms with Crippen LogP contribution in [-0.2, 0) is 4.79 Å². The van der Waals surface area contributed by atoms with Gasteiger partial charge >= 0.3 is 0 Å². The molecule has 0 saturated carbocycles. The van der Waals surface area contributed by atoms with E-state index >= 15 is 0 Å². The highest BCUT2D eigenvalue weighted by Gasteiger charge is 2.46. The second kappa shape index (κ2) is 8.12. The summed E-state index contributed by atoms with van der Waals surface area (Å²) in [4.78, 5) is 27.8. The standard InChI is InChI=1S/C22H22ClF3N2O4/c1-11-18(29)14(8-15(23)19(11)30)21(32)28-6-2-3-17(28)13-5-4-12(7-16(13)24)20(31)27-9-22(25,26)10-27/h4-5,7-8,11,17-18,29-30H,2-3,6,9-10H2,1H3. The summed E-state index contributed by atoms with van der Waals surface area (Å²) < 4.78 is 41.0. The number of rotatable bonds is 3. The van der Waals surface area contributed by atoms with Crippen molar-refractivity contribution in [1.82, 2.24) is 9.80 Å².